The zero-order valence-corrected chi connectivity index (χ0v) is 14.7. The van der Waals surface area contributed by atoms with Gasteiger partial charge < -0.3 is 10.6 Å². The summed E-state index contributed by atoms with van der Waals surface area (Å²) in [6.45, 7) is 7.13. The molecule has 0 spiro atoms. The van der Waals surface area contributed by atoms with Crippen LogP contribution in [0.25, 0.3) is 0 Å². The molecular weight excluding hydrogens is 314 g/mol. The molecular formula is C16H25N3O3S. The zero-order chi connectivity index (χ0) is 17.2. The molecule has 2 rings (SSSR count). The predicted octanol–water partition coefficient (Wildman–Crippen LogP) is 0.990. The fourth-order valence-corrected chi connectivity index (χ4v) is 4.03. The summed E-state index contributed by atoms with van der Waals surface area (Å²) in [6.07, 6.45) is 0. The summed E-state index contributed by atoms with van der Waals surface area (Å²) in [5, 5.41) is 0. The number of carbonyl (C=O) groups is 1. The quantitative estimate of drug-likeness (QED) is 0.887. The number of benzene rings is 1. The molecule has 6 nitrogen and oxygen atoms in total. The molecule has 2 N–H and O–H groups in total. The van der Waals surface area contributed by atoms with Gasteiger partial charge >= 0.3 is 0 Å². The van der Waals surface area contributed by atoms with Crippen LogP contribution in [0, 0.1) is 0 Å². The van der Waals surface area contributed by atoms with Gasteiger partial charge in [-0.05, 0) is 30.5 Å². The predicted molar refractivity (Wildman–Crippen MR) is 89.5 cm³/mol. The molecule has 0 bridgehead atoms. The molecule has 1 aliphatic heterocycles. The Kier molecular flexibility index (Phi) is 5.44. The summed E-state index contributed by atoms with van der Waals surface area (Å²) in [5.41, 5.74) is 6.70. The average Bonchev–Trinajstić information content (AvgIpc) is 2.54. The Hall–Kier alpha value is -1.44. The van der Waals surface area contributed by atoms with Gasteiger partial charge in [0.25, 0.3) is 0 Å². The van der Waals surface area contributed by atoms with Crippen LogP contribution < -0.4 is 5.73 Å². The van der Waals surface area contributed by atoms with Gasteiger partial charge in [-0.3, -0.25) is 4.79 Å². The van der Waals surface area contributed by atoms with Crippen LogP contribution in [0.3, 0.4) is 0 Å². The van der Waals surface area contributed by atoms with Crippen molar-refractivity contribution in [2.45, 2.75) is 37.6 Å². The zero-order valence-electron chi connectivity index (χ0n) is 13.9. The van der Waals surface area contributed by atoms with Crippen molar-refractivity contribution in [2.24, 2.45) is 5.73 Å². The van der Waals surface area contributed by atoms with E-state index in [9.17, 15) is 13.2 Å². The van der Waals surface area contributed by atoms with Gasteiger partial charge in [0, 0.05) is 26.2 Å². The Morgan fingerprint density at radius 2 is 1.57 bits per heavy atom. The van der Waals surface area contributed by atoms with Crippen LogP contribution in [0.2, 0.25) is 0 Å². The van der Waals surface area contributed by atoms with E-state index < -0.39 is 16.1 Å². The lowest BCUT2D eigenvalue weighted by Gasteiger charge is -2.34. The van der Waals surface area contributed by atoms with Gasteiger partial charge in [0.05, 0.1) is 10.9 Å². The van der Waals surface area contributed by atoms with E-state index in [1.54, 1.807) is 24.0 Å². The summed E-state index contributed by atoms with van der Waals surface area (Å²) in [4.78, 5) is 13.8. The van der Waals surface area contributed by atoms with Crippen LogP contribution in [0.4, 0.5) is 0 Å². The van der Waals surface area contributed by atoms with Crippen molar-refractivity contribution < 1.29 is 13.2 Å². The monoisotopic (exact) mass is 339 g/mol. The SMILES string of the molecule is CC(C)c1ccc(S(=O)(=O)N2CCN(C(=O)[C@@H](C)N)CC2)cc1. The molecule has 1 aliphatic rings. The van der Waals surface area contributed by atoms with Crippen LogP contribution in [-0.2, 0) is 14.8 Å². The van der Waals surface area contributed by atoms with Crippen molar-refractivity contribution in [2.75, 3.05) is 26.2 Å². The van der Waals surface area contributed by atoms with Crippen LogP contribution in [-0.4, -0.2) is 55.8 Å². The number of nitrogens with zero attached hydrogens (tertiary/aromatic N) is 2. The fourth-order valence-electron chi connectivity index (χ4n) is 2.61. The molecule has 1 heterocycles. The molecule has 1 saturated heterocycles. The molecule has 1 amide bonds. The molecule has 0 aliphatic carbocycles. The maximum atomic E-state index is 12.7. The number of hydrogen-bond acceptors (Lipinski definition) is 4. The van der Waals surface area contributed by atoms with Crippen LogP contribution in [0.1, 0.15) is 32.3 Å². The normalized spacial score (nSPS) is 18.2. The lowest BCUT2D eigenvalue weighted by atomic mass is 10.0. The molecule has 128 valence electrons. The van der Waals surface area contributed by atoms with Crippen molar-refractivity contribution >= 4 is 15.9 Å². The van der Waals surface area contributed by atoms with Crippen molar-refractivity contribution in [3.63, 3.8) is 0 Å². The average molecular weight is 339 g/mol. The standard InChI is InChI=1S/C16H25N3O3S/c1-12(2)14-4-6-15(7-5-14)23(21,22)19-10-8-18(9-11-19)16(20)13(3)17/h4-7,12-13H,8-11,17H2,1-3H3/t13-/m1/s1. The second kappa shape index (κ2) is 6.98. The fraction of sp³-hybridized carbons (Fsp3) is 0.562. The first-order valence-electron chi connectivity index (χ1n) is 7.88. The molecule has 0 aromatic heterocycles. The van der Waals surface area contributed by atoms with Gasteiger partial charge in [-0.25, -0.2) is 8.42 Å². The van der Waals surface area contributed by atoms with E-state index in [4.69, 9.17) is 5.73 Å². The molecule has 0 saturated carbocycles. The molecule has 1 fully saturated rings. The van der Waals surface area contributed by atoms with Gasteiger partial charge in [-0.15, -0.1) is 0 Å². The summed E-state index contributed by atoms with van der Waals surface area (Å²) in [7, 11) is -3.51. The molecule has 23 heavy (non-hydrogen) atoms. The summed E-state index contributed by atoms with van der Waals surface area (Å²) < 4.78 is 26.8. The number of nitrogens with two attached hydrogens (primary N) is 1. The number of amides is 1. The van der Waals surface area contributed by atoms with Gasteiger partial charge in [0.15, 0.2) is 0 Å². The van der Waals surface area contributed by atoms with Gasteiger partial charge in [0.1, 0.15) is 0 Å². The molecule has 1 aromatic carbocycles. The Morgan fingerprint density at radius 1 is 1.04 bits per heavy atom. The summed E-state index contributed by atoms with van der Waals surface area (Å²) in [6, 6.07) is 6.47. The van der Waals surface area contributed by atoms with E-state index in [2.05, 4.69) is 13.8 Å². The van der Waals surface area contributed by atoms with Crippen molar-refractivity contribution in [3.05, 3.63) is 29.8 Å². The van der Waals surface area contributed by atoms with Crippen molar-refractivity contribution in [1.29, 1.82) is 0 Å². The topological polar surface area (TPSA) is 83.7 Å². The first kappa shape index (κ1) is 17.9. The van der Waals surface area contributed by atoms with E-state index in [0.717, 1.165) is 5.56 Å². The second-order valence-corrected chi connectivity index (χ2v) is 8.18. The number of carbonyl (C=O) groups excluding carboxylic acids is 1. The number of sulfonamides is 1. The number of rotatable bonds is 4. The highest BCUT2D eigenvalue weighted by Gasteiger charge is 2.30. The third-order valence-corrected chi connectivity index (χ3v) is 6.04. The van der Waals surface area contributed by atoms with Crippen LogP contribution in [0.15, 0.2) is 29.2 Å². The Bertz CT molecular complexity index is 646. The summed E-state index contributed by atoms with van der Waals surface area (Å²) in [5.74, 6) is 0.225. The number of hydrogen-bond donors (Lipinski definition) is 1. The highest BCUT2D eigenvalue weighted by Crippen LogP contribution is 2.21. The highest BCUT2D eigenvalue weighted by atomic mass is 32.2. The lowest BCUT2D eigenvalue weighted by molar-refractivity contribution is -0.133. The van der Waals surface area contributed by atoms with Crippen molar-refractivity contribution in [3.8, 4) is 0 Å². The van der Waals surface area contributed by atoms with E-state index >= 15 is 0 Å². The minimum absolute atomic E-state index is 0.136. The third kappa shape index (κ3) is 3.91. The molecule has 0 radical (unpaired) electrons. The van der Waals surface area contributed by atoms with E-state index in [0.29, 0.717) is 37.0 Å². The first-order valence-corrected chi connectivity index (χ1v) is 9.32. The highest BCUT2D eigenvalue weighted by molar-refractivity contribution is 7.89. The Labute approximate surface area is 138 Å². The van der Waals surface area contributed by atoms with Crippen molar-refractivity contribution in [1.82, 2.24) is 9.21 Å². The van der Waals surface area contributed by atoms with E-state index in [-0.39, 0.29) is 5.91 Å². The molecule has 1 atom stereocenters. The minimum atomic E-state index is -3.51. The van der Waals surface area contributed by atoms with Crippen LogP contribution >= 0.6 is 0 Å². The second-order valence-electron chi connectivity index (χ2n) is 6.24. The van der Waals surface area contributed by atoms with E-state index in [1.807, 2.05) is 12.1 Å². The van der Waals surface area contributed by atoms with Gasteiger partial charge in [0.2, 0.25) is 15.9 Å². The maximum Gasteiger partial charge on any atom is 0.243 e. The Balaban J connectivity index is 2.08. The smallest absolute Gasteiger partial charge is 0.243 e. The van der Waals surface area contributed by atoms with Gasteiger partial charge in [-0.1, -0.05) is 26.0 Å². The first-order chi connectivity index (χ1) is 10.7. The lowest BCUT2D eigenvalue weighted by Crippen LogP contribution is -2.53. The van der Waals surface area contributed by atoms with E-state index in [1.165, 1.54) is 4.31 Å². The molecule has 0 unspecified atom stereocenters. The van der Waals surface area contributed by atoms with Gasteiger partial charge in [-0.2, -0.15) is 4.31 Å². The Morgan fingerprint density at radius 3 is 2.00 bits per heavy atom. The largest absolute Gasteiger partial charge is 0.339 e. The van der Waals surface area contributed by atoms with Crippen LogP contribution in [0.5, 0.6) is 0 Å². The summed E-state index contributed by atoms with van der Waals surface area (Å²) >= 11 is 0. The minimum Gasteiger partial charge on any atom is -0.339 e. The number of piperazine rings is 1. The maximum absolute atomic E-state index is 12.7. The molecule has 1 aromatic rings. The molecule has 7 heteroatoms. The third-order valence-electron chi connectivity index (χ3n) is 4.12.